The molecule has 0 heterocycles. The van der Waals surface area contributed by atoms with Crippen LogP contribution in [0, 0.1) is 17.8 Å². The molecule has 3 heteroatoms. The quantitative estimate of drug-likeness (QED) is 0.321. The highest BCUT2D eigenvalue weighted by molar-refractivity contribution is 5.69. The molecule has 0 aromatic carbocycles. The standard InChI is InChI=1S/C20H37NO2/c1-17-15-18(2)19(16-17)11-7-4-5-8-12-20(22)23-14-10-6-9-13-21-3/h4,7,17-19,21H,5-6,8-16H2,1-3H3/b7-4-/t17-,18+,19-/m1/s1. The molecule has 0 aliphatic heterocycles. The van der Waals surface area contributed by atoms with Crippen LogP contribution in [-0.4, -0.2) is 26.2 Å². The van der Waals surface area contributed by atoms with Crippen molar-refractivity contribution in [2.45, 2.75) is 71.6 Å². The molecule has 0 saturated heterocycles. The fourth-order valence-electron chi connectivity index (χ4n) is 3.59. The second-order valence-corrected chi connectivity index (χ2v) is 7.30. The molecule has 23 heavy (non-hydrogen) atoms. The van der Waals surface area contributed by atoms with Crippen LogP contribution in [0.5, 0.6) is 0 Å². The lowest BCUT2D eigenvalue weighted by atomic mass is 9.94. The molecule has 0 aromatic rings. The highest BCUT2D eigenvalue weighted by atomic mass is 16.5. The Balaban J connectivity index is 1.93. The number of carbonyl (C=O) groups excluding carboxylic acids is 1. The van der Waals surface area contributed by atoms with Crippen LogP contribution in [0.4, 0.5) is 0 Å². The van der Waals surface area contributed by atoms with Crippen molar-refractivity contribution in [2.24, 2.45) is 17.8 Å². The molecule has 1 aliphatic carbocycles. The first-order valence-electron chi connectivity index (χ1n) is 9.58. The topological polar surface area (TPSA) is 38.3 Å². The number of allylic oxidation sites excluding steroid dienone is 2. The molecule has 3 nitrogen and oxygen atoms in total. The first kappa shape index (κ1) is 20.2. The van der Waals surface area contributed by atoms with Crippen molar-refractivity contribution in [3.63, 3.8) is 0 Å². The lowest BCUT2D eigenvalue weighted by Crippen LogP contribution is -2.09. The molecular weight excluding hydrogens is 286 g/mol. The van der Waals surface area contributed by atoms with Gasteiger partial charge < -0.3 is 10.1 Å². The van der Waals surface area contributed by atoms with E-state index in [1.807, 2.05) is 7.05 Å². The summed E-state index contributed by atoms with van der Waals surface area (Å²) < 4.78 is 5.25. The van der Waals surface area contributed by atoms with Gasteiger partial charge in [-0.2, -0.15) is 0 Å². The second kappa shape index (κ2) is 12.6. The highest BCUT2D eigenvalue weighted by Gasteiger charge is 2.27. The van der Waals surface area contributed by atoms with Crippen molar-refractivity contribution in [1.29, 1.82) is 0 Å². The third-order valence-electron chi connectivity index (χ3n) is 4.98. The van der Waals surface area contributed by atoms with Gasteiger partial charge in [0.25, 0.3) is 0 Å². The Morgan fingerprint density at radius 1 is 1.13 bits per heavy atom. The minimum atomic E-state index is -0.0368. The summed E-state index contributed by atoms with van der Waals surface area (Å²) in [7, 11) is 1.96. The van der Waals surface area contributed by atoms with Gasteiger partial charge in [-0.25, -0.2) is 0 Å². The first-order valence-corrected chi connectivity index (χ1v) is 9.58. The summed E-state index contributed by atoms with van der Waals surface area (Å²) in [5, 5.41) is 3.12. The maximum atomic E-state index is 11.6. The summed E-state index contributed by atoms with van der Waals surface area (Å²) in [5.41, 5.74) is 0. The highest BCUT2D eigenvalue weighted by Crippen LogP contribution is 2.37. The number of rotatable bonds is 12. The Morgan fingerprint density at radius 2 is 1.96 bits per heavy atom. The van der Waals surface area contributed by atoms with Gasteiger partial charge in [0.05, 0.1) is 6.61 Å². The van der Waals surface area contributed by atoms with Crippen molar-refractivity contribution >= 4 is 5.97 Å². The lowest BCUT2D eigenvalue weighted by molar-refractivity contribution is -0.143. The summed E-state index contributed by atoms with van der Waals surface area (Å²) in [5.74, 6) is 2.61. The monoisotopic (exact) mass is 323 g/mol. The average molecular weight is 324 g/mol. The molecule has 0 aromatic heterocycles. The van der Waals surface area contributed by atoms with Gasteiger partial charge in [-0.1, -0.05) is 26.0 Å². The van der Waals surface area contributed by atoms with Gasteiger partial charge in [-0.05, 0) is 82.7 Å². The summed E-state index contributed by atoms with van der Waals surface area (Å²) in [6, 6.07) is 0. The minimum absolute atomic E-state index is 0.0368. The minimum Gasteiger partial charge on any atom is -0.466 e. The molecule has 0 spiro atoms. The predicted molar refractivity (Wildman–Crippen MR) is 97.4 cm³/mol. The molecule has 3 atom stereocenters. The Bertz CT molecular complexity index is 341. The maximum absolute atomic E-state index is 11.6. The number of nitrogens with one attached hydrogen (secondary N) is 1. The second-order valence-electron chi connectivity index (χ2n) is 7.30. The van der Waals surface area contributed by atoms with Crippen molar-refractivity contribution in [3.05, 3.63) is 12.2 Å². The van der Waals surface area contributed by atoms with E-state index in [0.29, 0.717) is 13.0 Å². The lowest BCUT2D eigenvalue weighted by Gasteiger charge is -2.11. The molecule has 134 valence electrons. The number of carbonyl (C=O) groups is 1. The van der Waals surface area contributed by atoms with Gasteiger partial charge in [0.15, 0.2) is 0 Å². The van der Waals surface area contributed by atoms with Crippen LogP contribution >= 0.6 is 0 Å². The van der Waals surface area contributed by atoms with E-state index in [0.717, 1.165) is 56.4 Å². The third-order valence-corrected chi connectivity index (χ3v) is 4.98. The fraction of sp³-hybridized carbons (Fsp3) is 0.850. The number of ether oxygens (including phenoxy) is 1. The van der Waals surface area contributed by atoms with E-state index in [2.05, 4.69) is 31.3 Å². The van der Waals surface area contributed by atoms with Crippen molar-refractivity contribution < 1.29 is 9.53 Å². The van der Waals surface area contributed by atoms with Gasteiger partial charge >= 0.3 is 5.97 Å². The molecule has 0 amide bonds. The van der Waals surface area contributed by atoms with E-state index in [1.54, 1.807) is 0 Å². The van der Waals surface area contributed by atoms with Gasteiger partial charge in [0.2, 0.25) is 0 Å². The smallest absolute Gasteiger partial charge is 0.305 e. The molecule has 1 saturated carbocycles. The van der Waals surface area contributed by atoms with Crippen LogP contribution in [0.1, 0.15) is 71.6 Å². The van der Waals surface area contributed by atoms with Crippen LogP contribution in [0.15, 0.2) is 12.2 Å². The molecule has 1 rings (SSSR count). The Labute approximate surface area is 143 Å². The Hall–Kier alpha value is -0.830. The first-order chi connectivity index (χ1) is 11.1. The van der Waals surface area contributed by atoms with Gasteiger partial charge in [-0.15, -0.1) is 0 Å². The van der Waals surface area contributed by atoms with E-state index in [4.69, 9.17) is 4.74 Å². The normalized spacial score (nSPS) is 24.4. The third kappa shape index (κ3) is 9.80. The fourth-order valence-corrected chi connectivity index (χ4v) is 3.59. The van der Waals surface area contributed by atoms with E-state index in [1.165, 1.54) is 19.3 Å². The molecule has 1 aliphatic rings. The number of esters is 1. The van der Waals surface area contributed by atoms with Crippen LogP contribution in [0.2, 0.25) is 0 Å². The zero-order valence-electron chi connectivity index (χ0n) is 15.5. The predicted octanol–water partition coefficient (Wildman–Crippen LogP) is 4.72. The number of unbranched alkanes of at least 4 members (excludes halogenated alkanes) is 3. The van der Waals surface area contributed by atoms with Crippen molar-refractivity contribution in [3.8, 4) is 0 Å². The van der Waals surface area contributed by atoms with Gasteiger partial charge in [0.1, 0.15) is 0 Å². The Kier molecular flexibility index (Phi) is 11.1. The SMILES string of the molecule is CNCCCCCOC(=O)CCC/C=C\C[C@@H]1C[C@H](C)C[C@@H]1C. The summed E-state index contributed by atoms with van der Waals surface area (Å²) in [4.78, 5) is 11.6. The average Bonchev–Trinajstić information content (AvgIpc) is 2.84. The van der Waals surface area contributed by atoms with E-state index in [-0.39, 0.29) is 5.97 Å². The maximum Gasteiger partial charge on any atom is 0.305 e. The molecular formula is C20H37NO2. The molecule has 1 N–H and O–H groups in total. The summed E-state index contributed by atoms with van der Waals surface area (Å²) >= 11 is 0. The van der Waals surface area contributed by atoms with E-state index in [9.17, 15) is 4.79 Å². The van der Waals surface area contributed by atoms with Gasteiger partial charge in [-0.3, -0.25) is 4.79 Å². The van der Waals surface area contributed by atoms with Crippen LogP contribution < -0.4 is 5.32 Å². The van der Waals surface area contributed by atoms with Crippen LogP contribution in [0.25, 0.3) is 0 Å². The van der Waals surface area contributed by atoms with Crippen LogP contribution in [0.3, 0.4) is 0 Å². The van der Waals surface area contributed by atoms with Crippen molar-refractivity contribution in [1.82, 2.24) is 5.32 Å². The zero-order chi connectivity index (χ0) is 16.9. The molecule has 0 radical (unpaired) electrons. The van der Waals surface area contributed by atoms with E-state index < -0.39 is 0 Å². The molecule has 0 bridgehead atoms. The molecule has 1 fully saturated rings. The summed E-state index contributed by atoms with van der Waals surface area (Å²) in [6.07, 6.45) is 14.3. The van der Waals surface area contributed by atoms with Gasteiger partial charge in [0, 0.05) is 6.42 Å². The zero-order valence-corrected chi connectivity index (χ0v) is 15.5. The van der Waals surface area contributed by atoms with Crippen LogP contribution in [-0.2, 0) is 9.53 Å². The molecule has 0 unspecified atom stereocenters. The van der Waals surface area contributed by atoms with E-state index >= 15 is 0 Å². The van der Waals surface area contributed by atoms with Crippen molar-refractivity contribution in [2.75, 3.05) is 20.2 Å². The number of hydrogen-bond donors (Lipinski definition) is 1. The summed E-state index contributed by atoms with van der Waals surface area (Å²) in [6.45, 7) is 6.37. The Morgan fingerprint density at radius 3 is 2.65 bits per heavy atom. The number of hydrogen-bond acceptors (Lipinski definition) is 3. The largest absolute Gasteiger partial charge is 0.466 e.